The Labute approximate surface area is 166 Å². The molecule has 1 heterocycles. The molecule has 28 heavy (non-hydrogen) atoms. The Kier molecular flexibility index (Phi) is 6.21. The van der Waals surface area contributed by atoms with E-state index >= 15 is 0 Å². The van der Waals surface area contributed by atoms with Gasteiger partial charge in [0.1, 0.15) is 5.75 Å². The molecule has 0 saturated carbocycles. The Morgan fingerprint density at radius 1 is 1.00 bits per heavy atom. The number of ether oxygens (including phenoxy) is 1. The summed E-state index contributed by atoms with van der Waals surface area (Å²) in [6.07, 6.45) is 0. The van der Waals surface area contributed by atoms with Crippen molar-refractivity contribution >= 4 is 21.6 Å². The predicted octanol–water partition coefficient (Wildman–Crippen LogP) is 1.71. The molecule has 1 amide bonds. The average Bonchev–Trinajstić information content (AvgIpc) is 2.74. The molecule has 1 saturated heterocycles. The van der Waals surface area contributed by atoms with E-state index in [1.165, 1.54) is 12.1 Å². The molecule has 0 unspecified atom stereocenters. The minimum Gasteiger partial charge on any atom is -0.497 e. The maximum Gasteiger partial charge on any atom is 0.241 e. The van der Waals surface area contributed by atoms with Crippen molar-refractivity contribution in [2.45, 2.75) is 17.9 Å². The highest BCUT2D eigenvalue weighted by molar-refractivity contribution is 7.89. The van der Waals surface area contributed by atoms with Gasteiger partial charge in [-0.2, -0.15) is 4.72 Å². The maximum absolute atomic E-state index is 12.7. The second kappa shape index (κ2) is 8.62. The van der Waals surface area contributed by atoms with Crippen LogP contribution in [0, 0.1) is 0 Å². The third-order valence-electron chi connectivity index (χ3n) is 4.78. The highest BCUT2D eigenvalue weighted by atomic mass is 32.2. The smallest absolute Gasteiger partial charge is 0.241 e. The van der Waals surface area contributed by atoms with Gasteiger partial charge in [0.25, 0.3) is 0 Å². The molecule has 1 aliphatic heterocycles. The largest absolute Gasteiger partial charge is 0.497 e. The number of nitrogens with one attached hydrogen (secondary N) is 1. The molecular weight excluding hydrogens is 378 g/mol. The van der Waals surface area contributed by atoms with Crippen molar-refractivity contribution in [1.82, 2.24) is 9.62 Å². The van der Waals surface area contributed by atoms with Gasteiger partial charge in [-0.1, -0.05) is 18.2 Å². The number of sulfonamides is 1. The molecule has 0 aromatic heterocycles. The summed E-state index contributed by atoms with van der Waals surface area (Å²) in [7, 11) is -2.09. The van der Waals surface area contributed by atoms with Gasteiger partial charge in [0, 0.05) is 31.9 Å². The Balaban J connectivity index is 1.57. The normalized spacial score (nSPS) is 15.9. The molecule has 0 spiro atoms. The lowest BCUT2D eigenvalue weighted by Crippen LogP contribution is -2.54. The van der Waals surface area contributed by atoms with E-state index in [1.54, 1.807) is 37.1 Å². The van der Waals surface area contributed by atoms with E-state index in [1.807, 2.05) is 24.3 Å². The van der Waals surface area contributed by atoms with Gasteiger partial charge >= 0.3 is 0 Å². The second-order valence-corrected chi connectivity index (χ2v) is 8.38. The molecule has 150 valence electrons. The lowest BCUT2D eigenvalue weighted by atomic mass is 10.2. The van der Waals surface area contributed by atoms with Crippen LogP contribution >= 0.6 is 0 Å². The summed E-state index contributed by atoms with van der Waals surface area (Å²) in [5.74, 6) is 0.589. The summed E-state index contributed by atoms with van der Waals surface area (Å²) >= 11 is 0. The molecule has 2 aromatic carbocycles. The van der Waals surface area contributed by atoms with Crippen LogP contribution in [0.4, 0.5) is 5.69 Å². The van der Waals surface area contributed by atoms with E-state index in [-0.39, 0.29) is 10.8 Å². The van der Waals surface area contributed by atoms with Gasteiger partial charge in [-0.3, -0.25) is 4.79 Å². The van der Waals surface area contributed by atoms with Gasteiger partial charge in [-0.15, -0.1) is 0 Å². The predicted molar refractivity (Wildman–Crippen MR) is 108 cm³/mol. The summed E-state index contributed by atoms with van der Waals surface area (Å²) in [6.45, 7) is 4.05. The summed E-state index contributed by atoms with van der Waals surface area (Å²) in [5.41, 5.74) is 1.07. The first-order valence-electron chi connectivity index (χ1n) is 9.16. The lowest BCUT2D eigenvalue weighted by Gasteiger charge is -2.37. The Hall–Kier alpha value is -2.58. The number of hydrogen-bond donors (Lipinski definition) is 1. The topological polar surface area (TPSA) is 79.0 Å². The number of amides is 1. The molecule has 1 N–H and O–H groups in total. The summed E-state index contributed by atoms with van der Waals surface area (Å²) in [5, 5.41) is 0. The van der Waals surface area contributed by atoms with E-state index in [9.17, 15) is 13.2 Å². The van der Waals surface area contributed by atoms with Crippen molar-refractivity contribution in [3.8, 4) is 5.75 Å². The summed E-state index contributed by atoms with van der Waals surface area (Å²) in [6, 6.07) is 15.0. The fourth-order valence-corrected chi connectivity index (χ4v) is 4.42. The first-order valence-corrected chi connectivity index (χ1v) is 10.6. The quantitative estimate of drug-likeness (QED) is 0.794. The van der Waals surface area contributed by atoms with Crippen LogP contribution in [0.25, 0.3) is 0 Å². The fraction of sp³-hybridized carbons (Fsp3) is 0.350. The standard InChI is InChI=1S/C20H25N3O4S/c1-16(21-28(25,26)19-6-4-3-5-7-19)20(24)23-14-12-22(13-15-23)17-8-10-18(27-2)11-9-17/h3-11,16,21H,12-15H2,1-2H3/t16-/m1/s1. The monoisotopic (exact) mass is 403 g/mol. The van der Waals surface area contributed by atoms with Crippen molar-refractivity contribution < 1.29 is 17.9 Å². The van der Waals surface area contributed by atoms with Crippen LogP contribution in [0.15, 0.2) is 59.5 Å². The number of rotatable bonds is 6. The molecule has 8 heteroatoms. The zero-order valence-corrected chi connectivity index (χ0v) is 16.9. The number of piperazine rings is 1. The van der Waals surface area contributed by atoms with Crippen LogP contribution in [0.5, 0.6) is 5.75 Å². The second-order valence-electron chi connectivity index (χ2n) is 6.67. The van der Waals surface area contributed by atoms with E-state index in [0.29, 0.717) is 26.2 Å². The van der Waals surface area contributed by atoms with E-state index in [4.69, 9.17) is 4.74 Å². The number of hydrogen-bond acceptors (Lipinski definition) is 5. The fourth-order valence-electron chi connectivity index (χ4n) is 3.20. The lowest BCUT2D eigenvalue weighted by molar-refractivity contribution is -0.132. The highest BCUT2D eigenvalue weighted by Crippen LogP contribution is 2.20. The van der Waals surface area contributed by atoms with Crippen molar-refractivity contribution in [2.24, 2.45) is 0 Å². The number of methoxy groups -OCH3 is 1. The van der Waals surface area contributed by atoms with Crippen LogP contribution in [-0.4, -0.2) is 58.6 Å². The molecule has 3 rings (SSSR count). The SMILES string of the molecule is COc1ccc(N2CCN(C(=O)[C@@H](C)NS(=O)(=O)c3ccccc3)CC2)cc1. The molecule has 0 aliphatic carbocycles. The maximum atomic E-state index is 12.7. The van der Waals surface area contributed by atoms with Gasteiger partial charge in [0.05, 0.1) is 18.0 Å². The van der Waals surface area contributed by atoms with Gasteiger partial charge < -0.3 is 14.5 Å². The Morgan fingerprint density at radius 2 is 1.61 bits per heavy atom. The molecule has 0 bridgehead atoms. The van der Waals surface area contributed by atoms with Crippen molar-refractivity contribution in [3.05, 3.63) is 54.6 Å². The Bertz CT molecular complexity index is 893. The minimum absolute atomic E-state index is 0.152. The van der Waals surface area contributed by atoms with Crippen LogP contribution in [0.2, 0.25) is 0 Å². The molecule has 1 atom stereocenters. The third kappa shape index (κ3) is 4.63. The molecule has 0 radical (unpaired) electrons. The van der Waals surface area contributed by atoms with Crippen LogP contribution < -0.4 is 14.4 Å². The number of nitrogens with zero attached hydrogens (tertiary/aromatic N) is 2. The van der Waals surface area contributed by atoms with Gasteiger partial charge in [0.2, 0.25) is 15.9 Å². The number of anilines is 1. The molecule has 1 aliphatic rings. The van der Waals surface area contributed by atoms with Crippen LogP contribution in [0.1, 0.15) is 6.92 Å². The van der Waals surface area contributed by atoms with Crippen molar-refractivity contribution in [1.29, 1.82) is 0 Å². The first-order chi connectivity index (χ1) is 13.4. The van der Waals surface area contributed by atoms with Gasteiger partial charge in [-0.25, -0.2) is 8.42 Å². The van der Waals surface area contributed by atoms with Crippen LogP contribution in [0.3, 0.4) is 0 Å². The number of benzene rings is 2. The Morgan fingerprint density at radius 3 is 2.18 bits per heavy atom. The molecule has 7 nitrogen and oxygen atoms in total. The minimum atomic E-state index is -3.72. The first kappa shape index (κ1) is 20.2. The highest BCUT2D eigenvalue weighted by Gasteiger charge is 2.28. The number of carbonyl (C=O) groups excluding carboxylic acids is 1. The van der Waals surface area contributed by atoms with Crippen molar-refractivity contribution in [2.75, 3.05) is 38.2 Å². The zero-order chi connectivity index (χ0) is 20.1. The van der Waals surface area contributed by atoms with Gasteiger partial charge in [0.15, 0.2) is 0 Å². The number of carbonyl (C=O) groups is 1. The summed E-state index contributed by atoms with van der Waals surface area (Å²) < 4.78 is 32.5. The third-order valence-corrected chi connectivity index (χ3v) is 6.34. The molecule has 2 aromatic rings. The molecular formula is C20H25N3O4S. The molecule has 1 fully saturated rings. The average molecular weight is 404 g/mol. The van der Waals surface area contributed by atoms with E-state index in [0.717, 1.165) is 11.4 Å². The van der Waals surface area contributed by atoms with Crippen LogP contribution in [-0.2, 0) is 14.8 Å². The summed E-state index contributed by atoms with van der Waals surface area (Å²) in [4.78, 5) is 16.8. The van der Waals surface area contributed by atoms with E-state index < -0.39 is 16.1 Å². The van der Waals surface area contributed by atoms with Gasteiger partial charge in [-0.05, 0) is 43.3 Å². The zero-order valence-electron chi connectivity index (χ0n) is 16.0. The van der Waals surface area contributed by atoms with Crippen molar-refractivity contribution in [3.63, 3.8) is 0 Å². The van der Waals surface area contributed by atoms with E-state index in [2.05, 4.69) is 9.62 Å².